The number of hydrogen-bond acceptors (Lipinski definition) is 4. The first kappa shape index (κ1) is 13.5. The molecule has 2 nitrogen and oxygen atoms in total. The van der Waals surface area contributed by atoms with Gasteiger partial charge in [0.1, 0.15) is 0 Å². The number of aliphatic imine (C=N–C) groups is 1. The number of halogens is 1. The number of thioether (sulfide) groups is 2. The van der Waals surface area contributed by atoms with Crippen LogP contribution in [-0.4, -0.2) is 29.4 Å². The van der Waals surface area contributed by atoms with Crippen LogP contribution in [0.4, 0.5) is 0 Å². The van der Waals surface area contributed by atoms with Crippen LogP contribution in [-0.2, 0) is 0 Å². The van der Waals surface area contributed by atoms with E-state index < -0.39 is 0 Å². The van der Waals surface area contributed by atoms with Crippen molar-refractivity contribution in [3.8, 4) is 0 Å². The van der Waals surface area contributed by atoms with Crippen molar-refractivity contribution < 1.29 is 0 Å². The minimum Gasteiger partial charge on any atom is -0.321 e. The predicted molar refractivity (Wildman–Crippen MR) is 76.9 cm³/mol. The highest BCUT2D eigenvalue weighted by Crippen LogP contribution is 2.48. The molecule has 0 N–H and O–H groups in total. The fourth-order valence-electron chi connectivity index (χ4n) is 1.81. The summed E-state index contributed by atoms with van der Waals surface area (Å²) in [5, 5.41) is 1.21. The molecule has 0 aliphatic carbocycles. The standard InChI is InChI=1S/C10H16N2S2.BrH/c1-10(2,3)7-8(13-4)14-9-11-5-6-12(7)9;/h5-6H2,1-4H3;1H. The molecule has 0 atom stereocenters. The maximum absolute atomic E-state index is 4.51. The predicted octanol–water partition coefficient (Wildman–Crippen LogP) is 3.56. The van der Waals surface area contributed by atoms with E-state index in [2.05, 4.69) is 36.9 Å². The average molecular weight is 309 g/mol. The number of nitrogens with zero attached hydrogens (tertiary/aromatic N) is 2. The zero-order valence-electron chi connectivity index (χ0n) is 9.53. The molecule has 15 heavy (non-hydrogen) atoms. The lowest BCUT2D eigenvalue weighted by Crippen LogP contribution is -2.28. The molecular formula is C10H17BrN2S2. The zero-order chi connectivity index (χ0) is 10.3. The molecule has 2 aliphatic heterocycles. The van der Waals surface area contributed by atoms with Gasteiger partial charge in [0, 0.05) is 17.7 Å². The summed E-state index contributed by atoms with van der Waals surface area (Å²) in [7, 11) is 0. The SMILES string of the molecule is Br.CSC1=C(C(C)(C)C)N2CCN=C2S1. The third-order valence-corrected chi connectivity index (χ3v) is 4.57. The van der Waals surface area contributed by atoms with Gasteiger partial charge in [-0.05, 0) is 18.0 Å². The molecule has 2 rings (SSSR count). The molecule has 0 amide bonds. The second kappa shape index (κ2) is 4.72. The van der Waals surface area contributed by atoms with Gasteiger partial charge in [-0.1, -0.05) is 20.8 Å². The van der Waals surface area contributed by atoms with E-state index in [0.717, 1.165) is 13.1 Å². The van der Waals surface area contributed by atoms with Crippen molar-refractivity contribution in [1.82, 2.24) is 4.90 Å². The fourth-order valence-corrected chi connectivity index (χ4v) is 4.11. The fraction of sp³-hybridized carbons (Fsp3) is 0.700. The van der Waals surface area contributed by atoms with E-state index in [4.69, 9.17) is 0 Å². The zero-order valence-corrected chi connectivity index (χ0v) is 12.9. The summed E-state index contributed by atoms with van der Waals surface area (Å²) in [6.07, 6.45) is 2.15. The van der Waals surface area contributed by atoms with Crippen LogP contribution in [0.3, 0.4) is 0 Å². The molecule has 86 valence electrons. The molecule has 5 heteroatoms. The van der Waals surface area contributed by atoms with Crippen molar-refractivity contribution in [2.24, 2.45) is 10.4 Å². The number of hydrogen-bond donors (Lipinski definition) is 0. The van der Waals surface area contributed by atoms with Crippen molar-refractivity contribution in [1.29, 1.82) is 0 Å². The van der Waals surface area contributed by atoms with Gasteiger partial charge in [-0.25, -0.2) is 0 Å². The first-order valence-electron chi connectivity index (χ1n) is 4.82. The van der Waals surface area contributed by atoms with Gasteiger partial charge in [-0.3, -0.25) is 4.99 Å². The van der Waals surface area contributed by atoms with Gasteiger partial charge in [-0.15, -0.1) is 28.7 Å². The summed E-state index contributed by atoms with van der Waals surface area (Å²) in [6.45, 7) is 8.86. The smallest absolute Gasteiger partial charge is 0.169 e. The molecule has 0 bridgehead atoms. The highest BCUT2D eigenvalue weighted by atomic mass is 79.9. The number of amidine groups is 1. The Labute approximate surface area is 111 Å². The Balaban J connectivity index is 0.00000112. The van der Waals surface area contributed by atoms with Crippen LogP contribution < -0.4 is 0 Å². The molecule has 0 aromatic rings. The van der Waals surface area contributed by atoms with Crippen LogP contribution in [0.25, 0.3) is 0 Å². The van der Waals surface area contributed by atoms with E-state index in [1.807, 2.05) is 23.5 Å². The van der Waals surface area contributed by atoms with Crippen LogP contribution in [0.2, 0.25) is 0 Å². The molecule has 0 saturated carbocycles. The summed E-state index contributed by atoms with van der Waals surface area (Å²) < 4.78 is 1.43. The topological polar surface area (TPSA) is 15.6 Å². The summed E-state index contributed by atoms with van der Waals surface area (Å²) in [5.41, 5.74) is 1.69. The molecule has 0 radical (unpaired) electrons. The Kier molecular flexibility index (Phi) is 4.23. The molecule has 2 heterocycles. The highest BCUT2D eigenvalue weighted by Gasteiger charge is 2.37. The van der Waals surface area contributed by atoms with Gasteiger partial charge < -0.3 is 4.90 Å². The minimum absolute atomic E-state index is 0. The number of fused-ring (bicyclic) bond motifs is 1. The monoisotopic (exact) mass is 308 g/mol. The third-order valence-electron chi connectivity index (χ3n) is 2.34. The van der Waals surface area contributed by atoms with E-state index in [1.165, 1.54) is 15.1 Å². The summed E-state index contributed by atoms with van der Waals surface area (Å²) in [5.74, 6) is 0. The molecule has 0 aromatic heterocycles. The molecule has 0 unspecified atom stereocenters. The Morgan fingerprint density at radius 1 is 1.40 bits per heavy atom. The maximum Gasteiger partial charge on any atom is 0.169 e. The van der Waals surface area contributed by atoms with Gasteiger partial charge >= 0.3 is 0 Å². The van der Waals surface area contributed by atoms with Crippen molar-refractivity contribution in [3.63, 3.8) is 0 Å². The lowest BCUT2D eigenvalue weighted by molar-refractivity contribution is 0.385. The molecule has 0 fully saturated rings. The van der Waals surface area contributed by atoms with Crippen LogP contribution in [0, 0.1) is 5.41 Å². The van der Waals surface area contributed by atoms with E-state index in [0.29, 0.717) is 0 Å². The Hall–Kier alpha value is 0.390. The van der Waals surface area contributed by atoms with Crippen LogP contribution in [0.15, 0.2) is 14.9 Å². The Morgan fingerprint density at radius 3 is 2.60 bits per heavy atom. The van der Waals surface area contributed by atoms with Crippen molar-refractivity contribution >= 4 is 45.7 Å². The van der Waals surface area contributed by atoms with Crippen LogP contribution in [0.5, 0.6) is 0 Å². The average Bonchev–Trinajstić information content (AvgIpc) is 2.57. The minimum atomic E-state index is 0. The number of allylic oxidation sites excluding steroid dienone is 1. The van der Waals surface area contributed by atoms with Crippen molar-refractivity contribution in [2.45, 2.75) is 20.8 Å². The number of rotatable bonds is 1. The van der Waals surface area contributed by atoms with Crippen LogP contribution in [0.1, 0.15) is 20.8 Å². The quantitative estimate of drug-likeness (QED) is 0.736. The largest absolute Gasteiger partial charge is 0.321 e. The molecule has 0 saturated heterocycles. The van der Waals surface area contributed by atoms with E-state index in [1.54, 1.807) is 0 Å². The van der Waals surface area contributed by atoms with Gasteiger partial charge in [0.2, 0.25) is 0 Å². The highest BCUT2D eigenvalue weighted by molar-refractivity contribution is 8.93. The lowest BCUT2D eigenvalue weighted by atomic mass is 9.92. The second-order valence-corrected chi connectivity index (χ2v) is 6.56. The second-order valence-electron chi connectivity index (χ2n) is 4.51. The molecular weight excluding hydrogens is 292 g/mol. The maximum atomic E-state index is 4.51. The summed E-state index contributed by atoms with van der Waals surface area (Å²) >= 11 is 3.68. The van der Waals surface area contributed by atoms with E-state index in [9.17, 15) is 0 Å². The van der Waals surface area contributed by atoms with E-state index in [-0.39, 0.29) is 22.4 Å². The van der Waals surface area contributed by atoms with Crippen LogP contribution >= 0.6 is 40.5 Å². The lowest BCUT2D eigenvalue weighted by Gasteiger charge is -2.28. The third kappa shape index (κ3) is 2.39. The molecule has 0 aromatic carbocycles. The Bertz CT molecular complexity index is 318. The Morgan fingerprint density at radius 2 is 2.07 bits per heavy atom. The van der Waals surface area contributed by atoms with Gasteiger partial charge in [0.05, 0.1) is 10.8 Å². The summed E-state index contributed by atoms with van der Waals surface area (Å²) in [6, 6.07) is 0. The first-order chi connectivity index (χ1) is 6.54. The van der Waals surface area contributed by atoms with Crippen molar-refractivity contribution in [2.75, 3.05) is 19.3 Å². The first-order valence-corrected chi connectivity index (χ1v) is 6.87. The van der Waals surface area contributed by atoms with Gasteiger partial charge in [0.25, 0.3) is 0 Å². The molecule has 2 aliphatic rings. The summed E-state index contributed by atoms with van der Waals surface area (Å²) in [4.78, 5) is 6.90. The van der Waals surface area contributed by atoms with Gasteiger partial charge in [0.15, 0.2) is 5.17 Å². The van der Waals surface area contributed by atoms with Gasteiger partial charge in [-0.2, -0.15) is 0 Å². The van der Waals surface area contributed by atoms with Crippen molar-refractivity contribution in [3.05, 3.63) is 9.93 Å². The molecule has 0 spiro atoms. The normalized spacial score (nSPS) is 20.3. The van der Waals surface area contributed by atoms with E-state index >= 15 is 0 Å².